The molecule has 38 heavy (non-hydrogen) atoms. The van der Waals surface area contributed by atoms with Crippen LogP contribution in [0.2, 0.25) is 0 Å². The summed E-state index contributed by atoms with van der Waals surface area (Å²) in [6.45, 7) is 3.97. The van der Waals surface area contributed by atoms with Crippen molar-refractivity contribution < 1.29 is 18.7 Å². The van der Waals surface area contributed by atoms with E-state index in [-0.39, 0.29) is 11.3 Å². The fourth-order valence-electron chi connectivity index (χ4n) is 4.47. The van der Waals surface area contributed by atoms with Crippen LogP contribution >= 0.6 is 0 Å². The number of nitrogens with zero attached hydrogens (tertiary/aromatic N) is 1. The van der Waals surface area contributed by atoms with Crippen LogP contribution in [0, 0.1) is 6.92 Å². The quantitative estimate of drug-likeness (QED) is 0.281. The lowest BCUT2D eigenvalue weighted by atomic mass is 10.0. The Hall–Kier alpha value is -4.10. The van der Waals surface area contributed by atoms with Crippen molar-refractivity contribution in [3.63, 3.8) is 0 Å². The minimum Gasteiger partial charge on any atom is -0.493 e. The van der Waals surface area contributed by atoms with Crippen molar-refractivity contribution >= 4 is 16.9 Å². The van der Waals surface area contributed by atoms with Crippen molar-refractivity contribution in [2.75, 3.05) is 40.9 Å². The molecule has 0 aliphatic rings. The Kier molecular flexibility index (Phi) is 8.81. The lowest BCUT2D eigenvalue weighted by Gasteiger charge is -2.17. The van der Waals surface area contributed by atoms with Gasteiger partial charge in [-0.15, -0.1) is 0 Å². The maximum Gasteiger partial charge on any atom is 0.255 e. The summed E-state index contributed by atoms with van der Waals surface area (Å²) in [4.78, 5) is 28.3. The van der Waals surface area contributed by atoms with Crippen LogP contribution in [-0.4, -0.2) is 51.7 Å². The van der Waals surface area contributed by atoms with Crippen molar-refractivity contribution in [2.24, 2.45) is 0 Å². The van der Waals surface area contributed by atoms with Gasteiger partial charge >= 0.3 is 0 Å². The molecule has 7 nitrogen and oxygen atoms in total. The average Bonchev–Trinajstić information content (AvgIpc) is 2.95. The van der Waals surface area contributed by atoms with E-state index >= 15 is 0 Å². The van der Waals surface area contributed by atoms with Crippen LogP contribution in [0.25, 0.3) is 22.3 Å². The topological polar surface area (TPSA) is 81.0 Å². The van der Waals surface area contributed by atoms with Crippen molar-refractivity contribution in [1.29, 1.82) is 0 Å². The third-order valence-corrected chi connectivity index (χ3v) is 6.66. The molecule has 1 N–H and O–H groups in total. The minimum absolute atomic E-state index is 0.129. The highest BCUT2D eigenvalue weighted by Gasteiger charge is 2.18. The van der Waals surface area contributed by atoms with Gasteiger partial charge in [-0.2, -0.15) is 0 Å². The number of para-hydroxylation sites is 1. The second-order valence-corrected chi connectivity index (χ2v) is 9.29. The molecule has 0 unspecified atom stereocenters. The van der Waals surface area contributed by atoms with Gasteiger partial charge in [0.1, 0.15) is 5.76 Å². The van der Waals surface area contributed by atoms with Gasteiger partial charge in [0.05, 0.1) is 25.2 Å². The number of likely N-dealkylation sites (N-methyl/N-ethyl adjacent to an activating group) is 1. The zero-order valence-corrected chi connectivity index (χ0v) is 22.4. The van der Waals surface area contributed by atoms with Gasteiger partial charge in [-0.1, -0.05) is 42.5 Å². The van der Waals surface area contributed by atoms with E-state index in [1.54, 1.807) is 39.3 Å². The predicted molar refractivity (Wildman–Crippen MR) is 150 cm³/mol. The summed E-state index contributed by atoms with van der Waals surface area (Å²) in [5, 5.41) is 3.39. The maximum absolute atomic E-state index is 13.1. The van der Waals surface area contributed by atoms with E-state index in [0.29, 0.717) is 34.4 Å². The molecular formula is C31H34N2O5. The van der Waals surface area contributed by atoms with Crippen LogP contribution in [0.15, 0.2) is 75.9 Å². The van der Waals surface area contributed by atoms with Crippen molar-refractivity contribution in [3.8, 4) is 22.8 Å². The molecule has 198 valence electrons. The lowest BCUT2D eigenvalue weighted by molar-refractivity contribution is 0.0952. The summed E-state index contributed by atoms with van der Waals surface area (Å²) in [5.74, 6) is 1.68. The van der Waals surface area contributed by atoms with Crippen molar-refractivity contribution in [3.05, 3.63) is 93.6 Å². The number of benzene rings is 3. The summed E-state index contributed by atoms with van der Waals surface area (Å²) in [7, 11) is 5.33. The van der Waals surface area contributed by atoms with Gasteiger partial charge in [-0.05, 0) is 63.2 Å². The number of fused-ring (bicyclic) bond motifs is 1. The summed E-state index contributed by atoms with van der Waals surface area (Å²) < 4.78 is 16.9. The third-order valence-electron chi connectivity index (χ3n) is 6.66. The highest BCUT2D eigenvalue weighted by atomic mass is 16.5. The zero-order valence-electron chi connectivity index (χ0n) is 22.4. The number of nitrogens with one attached hydrogen (secondary N) is 1. The third kappa shape index (κ3) is 6.06. The predicted octanol–water partition coefficient (Wildman–Crippen LogP) is 5.08. The van der Waals surface area contributed by atoms with Crippen LogP contribution in [0.4, 0.5) is 0 Å². The first-order valence-corrected chi connectivity index (χ1v) is 12.7. The van der Waals surface area contributed by atoms with Gasteiger partial charge in [0, 0.05) is 24.2 Å². The number of carbonyl (C=O) groups is 1. The van der Waals surface area contributed by atoms with Crippen LogP contribution in [0.1, 0.15) is 27.9 Å². The number of rotatable bonds is 11. The zero-order chi connectivity index (χ0) is 27.1. The highest BCUT2D eigenvalue weighted by molar-refractivity contribution is 6.05. The molecule has 0 spiro atoms. The van der Waals surface area contributed by atoms with Crippen LogP contribution < -0.4 is 20.2 Å². The van der Waals surface area contributed by atoms with Crippen molar-refractivity contribution in [2.45, 2.75) is 19.8 Å². The second kappa shape index (κ2) is 12.4. The molecule has 1 heterocycles. The molecule has 1 aromatic heterocycles. The largest absolute Gasteiger partial charge is 0.493 e. The number of hydrogen-bond acceptors (Lipinski definition) is 6. The van der Waals surface area contributed by atoms with Crippen LogP contribution in [0.3, 0.4) is 0 Å². The molecular weight excluding hydrogens is 480 g/mol. The van der Waals surface area contributed by atoms with Gasteiger partial charge in [0.15, 0.2) is 22.5 Å². The first-order valence-electron chi connectivity index (χ1n) is 12.7. The van der Waals surface area contributed by atoms with Crippen LogP contribution in [-0.2, 0) is 6.42 Å². The number of amides is 1. The highest BCUT2D eigenvalue weighted by Crippen LogP contribution is 2.28. The molecule has 1 amide bonds. The number of methoxy groups -OCH3 is 2. The molecule has 0 radical (unpaired) electrons. The van der Waals surface area contributed by atoms with Gasteiger partial charge < -0.3 is 24.1 Å². The molecule has 0 saturated heterocycles. The Labute approximate surface area is 223 Å². The van der Waals surface area contributed by atoms with E-state index < -0.39 is 0 Å². The Balaban J connectivity index is 1.36. The molecule has 4 aromatic rings. The monoisotopic (exact) mass is 514 g/mol. The van der Waals surface area contributed by atoms with E-state index in [1.165, 1.54) is 5.56 Å². The molecule has 3 aromatic carbocycles. The Morgan fingerprint density at radius 1 is 0.947 bits per heavy atom. The SMILES string of the molecule is COc1ccc(CCN(C)CCCNC(=O)c2cccc3c(=O)c(C)c(-c4ccccc4)oc23)cc1OC. The molecule has 0 saturated carbocycles. The average molecular weight is 515 g/mol. The molecule has 4 rings (SSSR count). The smallest absolute Gasteiger partial charge is 0.255 e. The van der Waals surface area contributed by atoms with Crippen LogP contribution in [0.5, 0.6) is 11.5 Å². The normalized spacial score (nSPS) is 11.1. The fraction of sp³-hybridized carbons (Fsp3) is 0.290. The Morgan fingerprint density at radius 3 is 2.45 bits per heavy atom. The Bertz CT molecular complexity index is 1460. The van der Waals surface area contributed by atoms with E-state index in [4.69, 9.17) is 13.9 Å². The first kappa shape index (κ1) is 26.9. The minimum atomic E-state index is -0.255. The van der Waals surface area contributed by atoms with E-state index in [2.05, 4.69) is 17.3 Å². The van der Waals surface area contributed by atoms with Crippen molar-refractivity contribution in [1.82, 2.24) is 10.2 Å². The standard InChI is InChI=1S/C31H34N2O5/c1-21-28(34)24-12-8-13-25(30(24)38-29(21)23-10-6-5-7-11-23)31(35)32-17-9-18-33(2)19-16-22-14-15-26(36-3)27(20-22)37-4/h5-8,10-15,20H,9,16-19H2,1-4H3,(H,32,35). The number of ether oxygens (including phenoxy) is 2. The molecule has 0 aliphatic heterocycles. The fourth-order valence-corrected chi connectivity index (χ4v) is 4.47. The maximum atomic E-state index is 13.1. The van der Waals surface area contributed by atoms with Gasteiger partial charge in [0.2, 0.25) is 0 Å². The summed E-state index contributed by atoms with van der Waals surface area (Å²) in [6, 6.07) is 20.6. The molecule has 0 atom stereocenters. The van der Waals surface area contributed by atoms with E-state index in [1.807, 2.05) is 48.5 Å². The molecule has 7 heteroatoms. The van der Waals surface area contributed by atoms with Gasteiger partial charge in [-0.25, -0.2) is 0 Å². The first-order chi connectivity index (χ1) is 18.4. The summed E-state index contributed by atoms with van der Waals surface area (Å²) >= 11 is 0. The summed E-state index contributed by atoms with van der Waals surface area (Å²) in [6.07, 6.45) is 1.67. The molecule has 0 aliphatic carbocycles. The van der Waals surface area contributed by atoms with Gasteiger partial charge in [0.25, 0.3) is 5.91 Å². The number of hydrogen-bond donors (Lipinski definition) is 1. The lowest BCUT2D eigenvalue weighted by Crippen LogP contribution is -2.29. The van der Waals surface area contributed by atoms with Gasteiger partial charge in [-0.3, -0.25) is 9.59 Å². The molecule has 0 fully saturated rings. The number of carbonyl (C=O) groups excluding carboxylic acids is 1. The second-order valence-electron chi connectivity index (χ2n) is 9.29. The van der Waals surface area contributed by atoms with E-state index in [9.17, 15) is 9.59 Å². The summed E-state index contributed by atoms with van der Waals surface area (Å²) in [5.41, 5.74) is 3.04. The molecule has 0 bridgehead atoms. The van der Waals surface area contributed by atoms with E-state index in [0.717, 1.165) is 43.0 Å². The Morgan fingerprint density at radius 2 is 1.71 bits per heavy atom.